The highest BCUT2D eigenvalue weighted by molar-refractivity contribution is 6.32. The van der Waals surface area contributed by atoms with E-state index in [4.69, 9.17) is 21.1 Å². The summed E-state index contributed by atoms with van der Waals surface area (Å²) in [4.78, 5) is 11.5. The lowest BCUT2D eigenvalue weighted by molar-refractivity contribution is 0.254. The van der Waals surface area contributed by atoms with Gasteiger partial charge in [0.25, 0.3) is 5.56 Å². The molecule has 23 heavy (non-hydrogen) atoms. The van der Waals surface area contributed by atoms with E-state index in [2.05, 4.69) is 15.5 Å². The van der Waals surface area contributed by atoms with E-state index in [0.717, 1.165) is 29.0 Å². The number of anilines is 1. The summed E-state index contributed by atoms with van der Waals surface area (Å²) in [6.45, 7) is 5.02. The second-order valence-electron chi connectivity index (χ2n) is 5.41. The van der Waals surface area contributed by atoms with Crippen molar-refractivity contribution in [3.63, 3.8) is 0 Å². The Morgan fingerprint density at radius 2 is 2.35 bits per heavy atom. The third-order valence-corrected chi connectivity index (χ3v) is 4.02. The van der Waals surface area contributed by atoms with E-state index in [1.165, 1.54) is 6.20 Å². The Balaban J connectivity index is 1.85. The van der Waals surface area contributed by atoms with Gasteiger partial charge in [0.1, 0.15) is 22.6 Å². The van der Waals surface area contributed by atoms with Gasteiger partial charge >= 0.3 is 0 Å². The molecule has 0 radical (unpaired) electrons. The number of H-pyrrole nitrogens is 1. The molecule has 2 N–H and O–H groups in total. The third kappa shape index (κ3) is 3.27. The highest BCUT2D eigenvalue weighted by atomic mass is 35.5. The fourth-order valence-corrected chi connectivity index (χ4v) is 2.76. The predicted molar refractivity (Wildman–Crippen MR) is 88.6 cm³/mol. The highest BCUT2D eigenvalue weighted by Crippen LogP contribution is 2.35. The van der Waals surface area contributed by atoms with Crippen LogP contribution in [-0.4, -0.2) is 22.9 Å². The molecule has 0 fully saturated rings. The third-order valence-electron chi connectivity index (χ3n) is 3.64. The van der Waals surface area contributed by atoms with Crippen LogP contribution in [0, 0.1) is 0 Å². The Hall–Kier alpha value is -2.21. The molecule has 0 amide bonds. The van der Waals surface area contributed by atoms with Crippen molar-refractivity contribution in [2.45, 2.75) is 32.9 Å². The second-order valence-corrected chi connectivity index (χ2v) is 5.79. The Labute approximate surface area is 138 Å². The quantitative estimate of drug-likeness (QED) is 0.878. The van der Waals surface area contributed by atoms with Crippen molar-refractivity contribution in [1.82, 2.24) is 10.2 Å². The first-order valence-electron chi connectivity index (χ1n) is 7.50. The molecule has 0 saturated heterocycles. The van der Waals surface area contributed by atoms with Crippen LogP contribution in [0.2, 0.25) is 5.02 Å². The van der Waals surface area contributed by atoms with Crippen molar-refractivity contribution >= 4 is 17.3 Å². The molecule has 0 saturated carbocycles. The Morgan fingerprint density at radius 1 is 1.52 bits per heavy atom. The van der Waals surface area contributed by atoms with Crippen molar-refractivity contribution in [3.8, 4) is 11.5 Å². The number of benzene rings is 1. The number of aromatic nitrogens is 2. The molecular formula is C16H18ClN3O3. The molecule has 0 unspecified atom stereocenters. The molecule has 0 aliphatic carbocycles. The van der Waals surface area contributed by atoms with E-state index >= 15 is 0 Å². The molecular weight excluding hydrogens is 318 g/mol. The van der Waals surface area contributed by atoms with Crippen LogP contribution in [-0.2, 0) is 13.0 Å². The summed E-state index contributed by atoms with van der Waals surface area (Å²) in [5, 5.41) is 9.24. The average molecular weight is 336 g/mol. The minimum Gasteiger partial charge on any atom is -0.494 e. The lowest BCUT2D eigenvalue weighted by Crippen LogP contribution is -2.12. The first-order valence-corrected chi connectivity index (χ1v) is 7.88. The molecule has 3 rings (SSSR count). The molecule has 7 heteroatoms. The van der Waals surface area contributed by atoms with Crippen molar-refractivity contribution in [3.05, 3.63) is 44.8 Å². The van der Waals surface area contributed by atoms with Gasteiger partial charge in [-0.1, -0.05) is 11.6 Å². The zero-order chi connectivity index (χ0) is 16.4. The minimum atomic E-state index is -0.423. The topological polar surface area (TPSA) is 76.2 Å². The first kappa shape index (κ1) is 15.7. The molecule has 2 heterocycles. The molecule has 1 aromatic carbocycles. The van der Waals surface area contributed by atoms with Crippen LogP contribution < -0.4 is 20.3 Å². The normalized spacial score (nSPS) is 15.9. The fourth-order valence-electron chi connectivity index (χ4n) is 2.61. The molecule has 1 atom stereocenters. The smallest absolute Gasteiger partial charge is 0.285 e. The molecule has 6 nitrogen and oxygen atoms in total. The number of ether oxygens (including phenoxy) is 2. The largest absolute Gasteiger partial charge is 0.494 e. The molecule has 0 bridgehead atoms. The van der Waals surface area contributed by atoms with Gasteiger partial charge in [-0.3, -0.25) is 4.79 Å². The van der Waals surface area contributed by atoms with Gasteiger partial charge in [0.05, 0.1) is 18.5 Å². The zero-order valence-electron chi connectivity index (χ0n) is 13.0. The van der Waals surface area contributed by atoms with Gasteiger partial charge < -0.3 is 14.8 Å². The fraction of sp³-hybridized carbons (Fsp3) is 0.375. The standard InChI is InChI=1S/C16H18ClN3O3/c1-3-22-13-5-10-4-9(2)23-14(10)6-11(13)7-18-12-8-19-20-16(21)15(12)17/h5-6,8-9H,3-4,7H2,1-2H3,(H2,18,20,21)/t9-/m0/s1. The number of nitrogens with one attached hydrogen (secondary N) is 2. The molecule has 122 valence electrons. The maximum Gasteiger partial charge on any atom is 0.285 e. The van der Waals surface area contributed by atoms with Gasteiger partial charge in [0.15, 0.2) is 0 Å². The number of hydrogen-bond acceptors (Lipinski definition) is 5. The van der Waals surface area contributed by atoms with E-state index in [1.807, 2.05) is 26.0 Å². The Kier molecular flexibility index (Phi) is 4.43. The maximum absolute atomic E-state index is 11.5. The molecule has 1 aliphatic rings. The first-order chi connectivity index (χ1) is 11.1. The lowest BCUT2D eigenvalue weighted by atomic mass is 10.1. The maximum atomic E-state index is 11.5. The average Bonchev–Trinajstić information content (AvgIpc) is 2.88. The highest BCUT2D eigenvalue weighted by Gasteiger charge is 2.22. The van der Waals surface area contributed by atoms with Crippen LogP contribution >= 0.6 is 11.6 Å². The van der Waals surface area contributed by atoms with Crippen LogP contribution in [0.5, 0.6) is 11.5 Å². The minimum absolute atomic E-state index is 0.0870. The molecule has 1 aromatic heterocycles. The van der Waals surface area contributed by atoms with Gasteiger partial charge in [-0.25, -0.2) is 5.10 Å². The number of halogens is 1. The van der Waals surface area contributed by atoms with Crippen molar-refractivity contribution in [2.24, 2.45) is 0 Å². The van der Waals surface area contributed by atoms with Crippen LogP contribution in [0.3, 0.4) is 0 Å². The number of fused-ring (bicyclic) bond motifs is 1. The van der Waals surface area contributed by atoms with Crippen molar-refractivity contribution in [1.29, 1.82) is 0 Å². The van der Waals surface area contributed by atoms with E-state index < -0.39 is 5.56 Å². The molecule has 1 aliphatic heterocycles. The number of rotatable bonds is 5. The second kappa shape index (κ2) is 6.50. The summed E-state index contributed by atoms with van der Waals surface area (Å²) >= 11 is 5.97. The van der Waals surface area contributed by atoms with Gasteiger partial charge in [-0.05, 0) is 26.0 Å². The van der Waals surface area contributed by atoms with E-state index in [1.54, 1.807) is 0 Å². The summed E-state index contributed by atoms with van der Waals surface area (Å²) in [6.07, 6.45) is 2.54. The van der Waals surface area contributed by atoms with Crippen LogP contribution in [0.15, 0.2) is 23.1 Å². The number of aromatic amines is 1. The van der Waals surface area contributed by atoms with Crippen LogP contribution in [0.4, 0.5) is 5.69 Å². The number of nitrogens with zero attached hydrogens (tertiary/aromatic N) is 1. The summed E-state index contributed by atoms with van der Waals surface area (Å²) < 4.78 is 11.5. The SMILES string of the molecule is CCOc1cc2c(cc1CNc1cn[nH]c(=O)c1Cl)O[C@@H](C)C2. The monoisotopic (exact) mass is 335 g/mol. The Bertz CT molecular complexity index is 776. The van der Waals surface area contributed by atoms with Crippen LogP contribution in [0.25, 0.3) is 0 Å². The van der Waals surface area contributed by atoms with Gasteiger partial charge in [0.2, 0.25) is 0 Å². The summed E-state index contributed by atoms with van der Waals surface area (Å²) in [5.41, 5.74) is 2.15. The molecule has 2 aromatic rings. The zero-order valence-corrected chi connectivity index (χ0v) is 13.7. The van der Waals surface area contributed by atoms with Crippen molar-refractivity contribution < 1.29 is 9.47 Å². The van der Waals surface area contributed by atoms with Gasteiger partial charge in [0, 0.05) is 24.1 Å². The van der Waals surface area contributed by atoms with Crippen molar-refractivity contribution in [2.75, 3.05) is 11.9 Å². The summed E-state index contributed by atoms with van der Waals surface area (Å²) in [7, 11) is 0. The lowest BCUT2D eigenvalue weighted by Gasteiger charge is -2.14. The van der Waals surface area contributed by atoms with Gasteiger partial charge in [-0.2, -0.15) is 5.10 Å². The summed E-state index contributed by atoms with van der Waals surface area (Å²) in [6, 6.07) is 4.00. The van der Waals surface area contributed by atoms with E-state index in [0.29, 0.717) is 18.8 Å². The Morgan fingerprint density at radius 3 is 3.13 bits per heavy atom. The van der Waals surface area contributed by atoms with Gasteiger partial charge in [-0.15, -0.1) is 0 Å². The molecule has 0 spiro atoms. The van der Waals surface area contributed by atoms with Crippen LogP contribution in [0.1, 0.15) is 25.0 Å². The van der Waals surface area contributed by atoms with E-state index in [-0.39, 0.29) is 11.1 Å². The van der Waals surface area contributed by atoms with E-state index in [9.17, 15) is 4.79 Å². The number of hydrogen-bond donors (Lipinski definition) is 2. The predicted octanol–water partition coefficient (Wildman–Crippen LogP) is 2.76. The summed E-state index contributed by atoms with van der Waals surface area (Å²) in [5.74, 6) is 1.69.